The minimum absolute atomic E-state index is 0. The van der Waals surface area contributed by atoms with Crippen LogP contribution in [0.5, 0.6) is 11.5 Å². The number of likely N-dealkylation sites (N-methyl/N-ethyl adjacent to an activating group) is 1. The number of nitrogens with zero attached hydrogens (tertiary/aromatic N) is 5. The molecule has 2 aromatic heterocycles. The Hall–Kier alpha value is -8.55. The molecule has 3 N–H and O–H groups in total. The van der Waals surface area contributed by atoms with Gasteiger partial charge in [0, 0.05) is 94.8 Å². The summed E-state index contributed by atoms with van der Waals surface area (Å²) in [5.41, 5.74) is 11.1. The van der Waals surface area contributed by atoms with Gasteiger partial charge in [-0.3, -0.25) is 4.90 Å². The molecular weight excluding hydrogens is 1050 g/mol. The van der Waals surface area contributed by atoms with Crippen LogP contribution >= 0.6 is 24.2 Å². The van der Waals surface area contributed by atoms with E-state index in [0.717, 1.165) is 19.6 Å². The van der Waals surface area contributed by atoms with E-state index in [0.29, 0.717) is 27.6 Å². The first-order valence-electron chi connectivity index (χ1n) is 26.9. The first-order valence-corrected chi connectivity index (χ1v) is 27.7. The van der Waals surface area contributed by atoms with Crippen molar-refractivity contribution in [3.63, 3.8) is 0 Å². The number of carboxylic acid groups (broad SMARTS) is 2. The third-order valence-corrected chi connectivity index (χ3v) is 16.2. The van der Waals surface area contributed by atoms with Gasteiger partial charge >= 0.3 is 11.9 Å². The van der Waals surface area contributed by atoms with Gasteiger partial charge in [-0.25, -0.2) is 9.59 Å². The van der Waals surface area contributed by atoms with Gasteiger partial charge in [0.1, 0.15) is 18.4 Å². The first kappa shape index (κ1) is 58.6. The molecule has 13 heteroatoms. The van der Waals surface area contributed by atoms with Crippen LogP contribution in [0.3, 0.4) is 0 Å². The SMILES string of the molecule is CCN(CC)C(C)CN1c2ccccc2Sc2ccccc21.Cc1cc(C=Cc2ccc3cc(N(C)C)ccc3[n+]2C)c(C)n1-c1ccccc1.Cl.O=C(O)c1cc2ccccc2c(Cc2c(O)c(C(=O)O)cc3ccccc23)c1[O-]. The largest absolute Gasteiger partial charge is 0.872 e. The van der Waals surface area contributed by atoms with Crippen LogP contribution in [0, 0.1) is 13.8 Å². The molecule has 0 saturated heterocycles. The zero-order chi connectivity index (χ0) is 56.8. The smallest absolute Gasteiger partial charge is 0.339 e. The predicted molar refractivity (Wildman–Crippen MR) is 333 cm³/mol. The molecule has 1 unspecified atom stereocenters. The summed E-state index contributed by atoms with van der Waals surface area (Å²) < 4.78 is 4.56. The van der Waals surface area contributed by atoms with Gasteiger partial charge in [-0.05, 0) is 145 Å². The summed E-state index contributed by atoms with van der Waals surface area (Å²) in [5, 5.41) is 46.1. The number of anilines is 3. The number of para-hydroxylation sites is 3. The van der Waals surface area contributed by atoms with Crippen LogP contribution in [0.15, 0.2) is 186 Å². The zero-order valence-electron chi connectivity index (χ0n) is 46.9. The second kappa shape index (κ2) is 25.7. The lowest BCUT2D eigenvalue weighted by molar-refractivity contribution is -0.646. The number of carbonyl (C=O) groups is 2. The molecule has 0 amide bonds. The fraction of sp³-hybridized carbons (Fsp3) is 0.191. The first-order chi connectivity index (χ1) is 38.6. The summed E-state index contributed by atoms with van der Waals surface area (Å²) in [4.78, 5) is 33.0. The standard InChI is InChI=1S/C26H28N3.C23H16O6.C19H24N2S.ClH/c1-19-17-21(20(2)29(19)24-9-7-6-8-10-24)11-13-23-14-12-22-18-25(27(3)4)15-16-26(22)28(23)5;24-20-16(14-7-3-1-5-12(14)9-18(20)22(26)27)11-17-15-8-4-2-6-13(15)10-19(21(17)25)23(28)29;1-4-20(5-2)15(3)14-21-16-10-6-8-12-18(16)22-19-13-9-7-11-17(19)21;/h6-18H,1-5H3;1-10,24-25H,11H2,(H,26,27)(H,28,29);6-13,15H,4-5,14H2,1-3H3;1H/q+1;;;/p-1. The van der Waals surface area contributed by atoms with Gasteiger partial charge in [-0.15, -0.1) is 12.4 Å². The molecule has 0 fully saturated rings. The molecule has 11 nitrogen and oxygen atoms in total. The Kier molecular flexibility index (Phi) is 18.6. The molecule has 0 spiro atoms. The van der Waals surface area contributed by atoms with Crippen molar-refractivity contribution in [2.24, 2.45) is 7.05 Å². The van der Waals surface area contributed by atoms with Gasteiger partial charge < -0.3 is 34.8 Å². The maximum Gasteiger partial charge on any atom is 0.339 e. The molecule has 0 bridgehead atoms. The highest BCUT2D eigenvalue weighted by molar-refractivity contribution is 7.99. The van der Waals surface area contributed by atoms with Crippen LogP contribution in [0.4, 0.5) is 17.1 Å². The molecule has 8 aromatic carbocycles. The summed E-state index contributed by atoms with van der Waals surface area (Å²) in [6.45, 7) is 14.4. The number of aromatic nitrogens is 2. The highest BCUT2D eigenvalue weighted by atomic mass is 35.5. The molecule has 1 aliphatic heterocycles. The van der Waals surface area contributed by atoms with Gasteiger partial charge in [-0.2, -0.15) is 4.57 Å². The fourth-order valence-electron chi connectivity index (χ4n) is 10.8. The maximum absolute atomic E-state index is 12.9. The van der Waals surface area contributed by atoms with Crippen molar-refractivity contribution >= 4 is 97.8 Å². The fourth-order valence-corrected chi connectivity index (χ4v) is 11.9. The number of aromatic hydroxyl groups is 1. The van der Waals surface area contributed by atoms with Crippen LogP contribution in [-0.4, -0.2) is 76.5 Å². The highest BCUT2D eigenvalue weighted by Gasteiger charge is 2.26. The van der Waals surface area contributed by atoms with Crippen molar-refractivity contribution in [3.05, 3.63) is 221 Å². The van der Waals surface area contributed by atoms with Gasteiger partial charge in [0.25, 0.3) is 0 Å². The monoisotopic (exact) mass is 1120 g/mol. The predicted octanol–water partition coefficient (Wildman–Crippen LogP) is 14.5. The normalized spacial score (nSPS) is 12.0. The van der Waals surface area contributed by atoms with Gasteiger partial charge in [0.15, 0.2) is 0 Å². The average molecular weight is 1120 g/mol. The van der Waals surface area contributed by atoms with Gasteiger partial charge in [0.05, 0.1) is 16.9 Å². The molecule has 3 heterocycles. The lowest BCUT2D eigenvalue weighted by Crippen LogP contribution is -2.41. The Labute approximate surface area is 484 Å². The van der Waals surface area contributed by atoms with Crippen LogP contribution in [0.1, 0.15) is 75.3 Å². The number of aryl methyl sites for hydroxylation is 2. The third-order valence-electron chi connectivity index (χ3n) is 15.1. The minimum atomic E-state index is -1.34. The van der Waals surface area contributed by atoms with E-state index in [-0.39, 0.29) is 41.1 Å². The molecule has 0 saturated carbocycles. The van der Waals surface area contributed by atoms with Crippen molar-refractivity contribution in [1.82, 2.24) is 9.47 Å². The number of carboxylic acids is 2. The number of halogens is 1. The molecule has 414 valence electrons. The number of rotatable bonds is 13. The number of hydrogen-bond donors (Lipinski definition) is 3. The summed E-state index contributed by atoms with van der Waals surface area (Å²) >= 11 is 1.88. The second-order valence-corrected chi connectivity index (χ2v) is 21.3. The molecule has 10 aromatic rings. The van der Waals surface area contributed by atoms with E-state index in [1.54, 1.807) is 48.5 Å². The number of aromatic carboxylic acids is 2. The number of hydrogen-bond acceptors (Lipinski definition) is 8. The maximum atomic E-state index is 12.9. The Morgan fingerprint density at radius 1 is 0.667 bits per heavy atom. The van der Waals surface area contributed by atoms with Crippen LogP contribution in [0.2, 0.25) is 0 Å². The Balaban J connectivity index is 0.000000160. The summed E-state index contributed by atoms with van der Waals surface area (Å²) in [5.74, 6) is -3.71. The zero-order valence-corrected chi connectivity index (χ0v) is 48.6. The molecule has 11 rings (SSSR count). The average Bonchev–Trinajstić information content (AvgIpc) is 3.98. The third kappa shape index (κ3) is 12.4. The summed E-state index contributed by atoms with van der Waals surface area (Å²) in [7, 11) is 6.28. The highest BCUT2D eigenvalue weighted by Crippen LogP contribution is 2.48. The van der Waals surface area contributed by atoms with Crippen molar-refractivity contribution in [2.45, 2.75) is 56.9 Å². The van der Waals surface area contributed by atoms with E-state index in [4.69, 9.17) is 0 Å². The Morgan fingerprint density at radius 3 is 1.81 bits per heavy atom. The van der Waals surface area contributed by atoms with E-state index < -0.39 is 23.4 Å². The lowest BCUT2D eigenvalue weighted by Gasteiger charge is -2.37. The second-order valence-electron chi connectivity index (χ2n) is 20.2. The van der Waals surface area contributed by atoms with E-state index in [9.17, 15) is 30.0 Å². The van der Waals surface area contributed by atoms with Crippen molar-refractivity contribution in [3.8, 4) is 17.2 Å². The molecule has 81 heavy (non-hydrogen) atoms. The molecule has 0 aliphatic carbocycles. The quantitative estimate of drug-likeness (QED) is 0.0957. The molecule has 1 aliphatic rings. The molecule has 1 atom stereocenters. The van der Waals surface area contributed by atoms with Crippen molar-refractivity contribution in [1.29, 1.82) is 0 Å². The topological polar surface area (TPSA) is 136 Å². The summed E-state index contributed by atoms with van der Waals surface area (Å²) in [6, 6.07) is 58.3. The van der Waals surface area contributed by atoms with Crippen molar-refractivity contribution < 1.29 is 34.6 Å². The van der Waals surface area contributed by atoms with E-state index >= 15 is 0 Å². The summed E-state index contributed by atoms with van der Waals surface area (Å²) in [6.07, 6.45) is 4.32. The Morgan fingerprint density at radius 2 is 1.22 bits per heavy atom. The van der Waals surface area contributed by atoms with Crippen LogP contribution < -0.4 is 19.5 Å². The Bertz CT molecular complexity index is 3800. The number of pyridine rings is 1. The van der Waals surface area contributed by atoms with Crippen LogP contribution in [-0.2, 0) is 13.5 Å². The number of benzene rings is 8. The molecule has 0 radical (unpaired) electrons. The van der Waals surface area contributed by atoms with E-state index in [1.807, 2.05) is 11.8 Å². The van der Waals surface area contributed by atoms with Gasteiger partial charge in [-0.1, -0.05) is 122 Å². The van der Waals surface area contributed by atoms with Gasteiger partial charge in [0.2, 0.25) is 11.2 Å². The van der Waals surface area contributed by atoms with E-state index in [2.05, 4.69) is 207 Å². The van der Waals surface area contributed by atoms with E-state index in [1.165, 1.54) is 78.2 Å². The number of phenols is 1. The minimum Gasteiger partial charge on any atom is -0.872 e. The van der Waals surface area contributed by atoms with Crippen molar-refractivity contribution in [2.75, 3.05) is 43.5 Å². The number of fused-ring (bicyclic) bond motifs is 5. The van der Waals surface area contributed by atoms with Crippen LogP contribution in [0.25, 0.3) is 50.3 Å². The lowest BCUT2D eigenvalue weighted by atomic mass is 9.90. The molecular formula is C68H68ClN5O6S.